The average molecular weight is 353 g/mol. The maximum absolute atomic E-state index is 12.3. The summed E-state index contributed by atoms with van der Waals surface area (Å²) >= 11 is 0. The summed E-state index contributed by atoms with van der Waals surface area (Å²) in [5, 5.41) is 4.12. The standard InChI is InChI=1S/C19H19N3O4/c1-13(14-7-3-5-9-16(14)25-2)20-21-18(23)11-22-15-8-4-6-10-17(15)26-12-19(22)24/h3-10H,11-12H2,1-2H3,(H,21,23)/b20-13-. The van der Waals surface area contributed by atoms with E-state index in [4.69, 9.17) is 9.47 Å². The Kier molecular flexibility index (Phi) is 5.17. The molecule has 1 aliphatic heterocycles. The summed E-state index contributed by atoms with van der Waals surface area (Å²) in [4.78, 5) is 25.8. The summed E-state index contributed by atoms with van der Waals surface area (Å²) in [7, 11) is 1.58. The molecule has 0 saturated heterocycles. The number of benzene rings is 2. The van der Waals surface area contributed by atoms with Crippen LogP contribution >= 0.6 is 0 Å². The first-order valence-corrected chi connectivity index (χ1v) is 8.09. The fraction of sp³-hybridized carbons (Fsp3) is 0.211. The molecule has 134 valence electrons. The summed E-state index contributed by atoms with van der Waals surface area (Å²) in [5.74, 6) is 0.572. The Morgan fingerprint density at radius 1 is 1.23 bits per heavy atom. The van der Waals surface area contributed by atoms with E-state index in [0.29, 0.717) is 22.9 Å². The Bertz CT molecular complexity index is 863. The van der Waals surface area contributed by atoms with E-state index in [2.05, 4.69) is 10.5 Å². The van der Waals surface area contributed by atoms with Gasteiger partial charge >= 0.3 is 0 Å². The number of anilines is 1. The van der Waals surface area contributed by atoms with Crippen LogP contribution in [0, 0.1) is 0 Å². The zero-order chi connectivity index (χ0) is 18.5. The largest absolute Gasteiger partial charge is 0.496 e. The van der Waals surface area contributed by atoms with Gasteiger partial charge in [0.2, 0.25) is 0 Å². The van der Waals surface area contributed by atoms with E-state index in [1.165, 1.54) is 4.90 Å². The number of hydrazone groups is 1. The lowest BCUT2D eigenvalue weighted by Gasteiger charge is -2.28. The number of carbonyl (C=O) groups excluding carboxylic acids is 2. The van der Waals surface area contributed by atoms with Crippen LogP contribution in [0.3, 0.4) is 0 Å². The van der Waals surface area contributed by atoms with E-state index in [1.54, 1.807) is 32.2 Å². The molecule has 2 amide bonds. The summed E-state index contributed by atoms with van der Waals surface area (Å²) in [6.45, 7) is 1.54. The van der Waals surface area contributed by atoms with Crippen molar-refractivity contribution in [1.82, 2.24) is 5.43 Å². The Labute approximate surface area is 151 Å². The third-order valence-corrected chi connectivity index (χ3v) is 3.96. The van der Waals surface area contributed by atoms with Gasteiger partial charge in [0.25, 0.3) is 11.8 Å². The smallest absolute Gasteiger partial charge is 0.265 e. The number of carbonyl (C=O) groups is 2. The Hall–Kier alpha value is -3.35. The molecular weight excluding hydrogens is 334 g/mol. The number of nitrogens with one attached hydrogen (secondary N) is 1. The van der Waals surface area contributed by atoms with Crippen LogP contribution in [0.15, 0.2) is 53.6 Å². The number of ether oxygens (including phenoxy) is 2. The van der Waals surface area contributed by atoms with E-state index in [9.17, 15) is 9.59 Å². The van der Waals surface area contributed by atoms with Crippen molar-refractivity contribution in [2.45, 2.75) is 6.92 Å². The molecule has 26 heavy (non-hydrogen) atoms. The predicted octanol–water partition coefficient (Wildman–Crippen LogP) is 1.96. The first-order chi connectivity index (χ1) is 12.6. The van der Waals surface area contributed by atoms with E-state index < -0.39 is 5.91 Å². The SMILES string of the molecule is COc1ccccc1/C(C)=N\NC(=O)CN1C(=O)COc2ccccc21. The molecule has 1 aliphatic rings. The van der Waals surface area contributed by atoms with Crippen LogP contribution in [0.2, 0.25) is 0 Å². The van der Waals surface area contributed by atoms with Gasteiger partial charge in [-0.15, -0.1) is 0 Å². The predicted molar refractivity (Wildman–Crippen MR) is 97.6 cm³/mol. The van der Waals surface area contributed by atoms with Crippen molar-refractivity contribution >= 4 is 23.2 Å². The highest BCUT2D eigenvalue weighted by molar-refractivity contribution is 6.03. The minimum Gasteiger partial charge on any atom is -0.496 e. The number of hydrogen-bond donors (Lipinski definition) is 1. The molecule has 0 saturated carbocycles. The highest BCUT2D eigenvalue weighted by atomic mass is 16.5. The Morgan fingerprint density at radius 2 is 1.96 bits per heavy atom. The van der Waals surface area contributed by atoms with Gasteiger partial charge in [-0.2, -0.15) is 5.10 Å². The Balaban J connectivity index is 1.70. The maximum Gasteiger partial charge on any atom is 0.265 e. The molecule has 2 aromatic rings. The second kappa shape index (κ2) is 7.69. The molecule has 0 radical (unpaired) electrons. The molecule has 0 bridgehead atoms. The molecule has 0 spiro atoms. The normalized spacial score (nSPS) is 13.7. The zero-order valence-electron chi connectivity index (χ0n) is 14.6. The second-order valence-electron chi connectivity index (χ2n) is 5.67. The third kappa shape index (κ3) is 3.66. The number of amides is 2. The molecule has 0 aromatic heterocycles. The average Bonchev–Trinajstić information content (AvgIpc) is 2.68. The fourth-order valence-electron chi connectivity index (χ4n) is 2.66. The van der Waals surface area contributed by atoms with Gasteiger partial charge in [-0.1, -0.05) is 24.3 Å². The van der Waals surface area contributed by atoms with Crippen LogP contribution in [-0.2, 0) is 9.59 Å². The highest BCUT2D eigenvalue weighted by Gasteiger charge is 2.26. The molecule has 0 unspecified atom stereocenters. The molecule has 1 heterocycles. The molecule has 0 aliphatic carbocycles. The van der Waals surface area contributed by atoms with Crippen molar-refractivity contribution in [3.05, 3.63) is 54.1 Å². The van der Waals surface area contributed by atoms with E-state index in [1.807, 2.05) is 30.3 Å². The van der Waals surface area contributed by atoms with Gasteiger partial charge in [0.15, 0.2) is 6.61 Å². The molecule has 2 aromatic carbocycles. The maximum atomic E-state index is 12.3. The molecule has 3 rings (SSSR count). The van der Waals surface area contributed by atoms with E-state index >= 15 is 0 Å². The van der Waals surface area contributed by atoms with Crippen molar-refractivity contribution in [1.29, 1.82) is 0 Å². The van der Waals surface area contributed by atoms with Gasteiger partial charge in [0.1, 0.15) is 18.0 Å². The first kappa shape index (κ1) is 17.5. The van der Waals surface area contributed by atoms with Crippen molar-refractivity contribution in [3.63, 3.8) is 0 Å². The monoisotopic (exact) mass is 353 g/mol. The number of nitrogens with zero attached hydrogens (tertiary/aromatic N) is 2. The lowest BCUT2D eigenvalue weighted by Crippen LogP contribution is -2.44. The van der Waals surface area contributed by atoms with Gasteiger partial charge in [-0.3, -0.25) is 14.5 Å². The number of methoxy groups -OCH3 is 1. The van der Waals surface area contributed by atoms with Crippen LogP contribution in [0.1, 0.15) is 12.5 Å². The molecule has 7 nitrogen and oxygen atoms in total. The Morgan fingerprint density at radius 3 is 2.77 bits per heavy atom. The fourth-order valence-corrected chi connectivity index (χ4v) is 2.66. The molecule has 0 atom stereocenters. The van der Waals surface area contributed by atoms with Gasteiger partial charge in [0, 0.05) is 5.56 Å². The number of para-hydroxylation sites is 3. The summed E-state index contributed by atoms with van der Waals surface area (Å²) < 4.78 is 10.7. The highest BCUT2D eigenvalue weighted by Crippen LogP contribution is 2.31. The lowest BCUT2D eigenvalue weighted by molar-refractivity contribution is -0.125. The van der Waals surface area contributed by atoms with E-state index in [0.717, 1.165) is 5.56 Å². The van der Waals surface area contributed by atoms with Gasteiger partial charge < -0.3 is 9.47 Å². The van der Waals surface area contributed by atoms with Crippen molar-refractivity contribution in [2.75, 3.05) is 25.2 Å². The summed E-state index contributed by atoms with van der Waals surface area (Å²) in [6.07, 6.45) is 0. The minimum atomic E-state index is -0.399. The number of fused-ring (bicyclic) bond motifs is 1. The van der Waals surface area contributed by atoms with Crippen molar-refractivity contribution < 1.29 is 19.1 Å². The lowest BCUT2D eigenvalue weighted by atomic mass is 10.1. The zero-order valence-corrected chi connectivity index (χ0v) is 14.6. The molecule has 0 fully saturated rings. The van der Waals surface area contributed by atoms with Gasteiger partial charge in [0.05, 0.1) is 18.5 Å². The van der Waals surface area contributed by atoms with Crippen LogP contribution < -0.4 is 19.8 Å². The second-order valence-corrected chi connectivity index (χ2v) is 5.67. The van der Waals surface area contributed by atoms with Crippen LogP contribution in [0.5, 0.6) is 11.5 Å². The first-order valence-electron chi connectivity index (χ1n) is 8.09. The van der Waals surface area contributed by atoms with E-state index in [-0.39, 0.29) is 19.1 Å². The van der Waals surface area contributed by atoms with Crippen LogP contribution in [0.4, 0.5) is 5.69 Å². The molecular formula is C19H19N3O4. The van der Waals surface area contributed by atoms with Crippen LogP contribution in [0.25, 0.3) is 0 Å². The quantitative estimate of drug-likeness (QED) is 0.658. The summed E-state index contributed by atoms with van der Waals surface area (Å²) in [6, 6.07) is 14.5. The van der Waals surface area contributed by atoms with Crippen molar-refractivity contribution in [2.24, 2.45) is 5.10 Å². The van der Waals surface area contributed by atoms with Crippen LogP contribution in [-0.4, -0.2) is 37.8 Å². The topological polar surface area (TPSA) is 80.2 Å². The molecule has 1 N–H and O–H groups in total. The third-order valence-electron chi connectivity index (χ3n) is 3.96. The summed E-state index contributed by atoms with van der Waals surface area (Å²) in [5.41, 5.74) is 4.45. The molecule has 7 heteroatoms. The van der Waals surface area contributed by atoms with Gasteiger partial charge in [-0.25, -0.2) is 5.43 Å². The number of hydrogen-bond acceptors (Lipinski definition) is 5. The minimum absolute atomic E-state index is 0.0895. The van der Waals surface area contributed by atoms with Gasteiger partial charge in [-0.05, 0) is 31.2 Å². The number of rotatable bonds is 5. The van der Waals surface area contributed by atoms with Crippen molar-refractivity contribution in [3.8, 4) is 11.5 Å².